The summed E-state index contributed by atoms with van der Waals surface area (Å²) < 4.78 is 13.2. The smallest absolute Gasteiger partial charge is 0.251 e. The third-order valence-corrected chi connectivity index (χ3v) is 6.76. The van der Waals surface area contributed by atoms with Crippen molar-refractivity contribution in [2.45, 2.75) is 58.4 Å². The number of likely N-dealkylation sites (N-methyl/N-ethyl adjacent to an activating group) is 1. The van der Waals surface area contributed by atoms with Crippen LogP contribution in [0.2, 0.25) is 0 Å². The summed E-state index contributed by atoms with van der Waals surface area (Å²) in [6, 6.07) is 4.67. The predicted octanol–water partition coefficient (Wildman–Crippen LogP) is 3.22. The van der Waals surface area contributed by atoms with Gasteiger partial charge in [0.25, 0.3) is 5.91 Å². The molecule has 0 radical (unpaired) electrons. The van der Waals surface area contributed by atoms with Gasteiger partial charge in [-0.25, -0.2) is 4.39 Å². The van der Waals surface area contributed by atoms with Crippen molar-refractivity contribution < 1.29 is 18.8 Å². The van der Waals surface area contributed by atoms with Crippen LogP contribution in [0.1, 0.15) is 62.7 Å². The zero-order valence-corrected chi connectivity index (χ0v) is 18.6. The molecule has 1 heterocycles. The van der Waals surface area contributed by atoms with Crippen LogP contribution in [0.3, 0.4) is 0 Å². The van der Waals surface area contributed by atoms with Crippen LogP contribution in [-0.2, 0) is 9.59 Å². The van der Waals surface area contributed by atoms with Gasteiger partial charge < -0.3 is 15.1 Å². The van der Waals surface area contributed by atoms with Crippen molar-refractivity contribution in [2.24, 2.45) is 11.8 Å². The fourth-order valence-corrected chi connectivity index (χ4v) is 4.82. The van der Waals surface area contributed by atoms with Gasteiger partial charge in [-0.15, -0.1) is 0 Å². The molecule has 3 amide bonds. The second-order valence-corrected chi connectivity index (χ2v) is 8.61. The lowest BCUT2D eigenvalue weighted by Gasteiger charge is -2.38. The average Bonchev–Trinajstić information content (AvgIpc) is 3.33. The highest BCUT2D eigenvalue weighted by Gasteiger charge is 2.37. The van der Waals surface area contributed by atoms with Crippen molar-refractivity contribution >= 4 is 17.7 Å². The topological polar surface area (TPSA) is 69.7 Å². The van der Waals surface area contributed by atoms with Crippen molar-refractivity contribution in [2.75, 3.05) is 26.2 Å². The van der Waals surface area contributed by atoms with E-state index in [0.29, 0.717) is 44.6 Å². The van der Waals surface area contributed by atoms with Gasteiger partial charge in [-0.1, -0.05) is 12.8 Å². The van der Waals surface area contributed by atoms with E-state index in [1.807, 2.05) is 18.7 Å². The number of benzene rings is 1. The molecule has 0 aromatic heterocycles. The van der Waals surface area contributed by atoms with Gasteiger partial charge in [0.1, 0.15) is 11.9 Å². The van der Waals surface area contributed by atoms with E-state index in [0.717, 1.165) is 25.7 Å². The Hall–Kier alpha value is -2.44. The lowest BCUT2D eigenvalue weighted by atomic mass is 9.87. The SMILES string of the molecule is CCN(CC)C(=O)[C@H](NC(=O)c1ccc(F)cc1)C1CCN(C(=O)C2CCCC2)CC1. The molecular weight excluding hydrogens is 397 g/mol. The summed E-state index contributed by atoms with van der Waals surface area (Å²) in [5.74, 6) is -0.520. The number of amides is 3. The monoisotopic (exact) mass is 431 g/mol. The number of halogens is 1. The third kappa shape index (κ3) is 5.63. The fourth-order valence-electron chi connectivity index (χ4n) is 4.82. The van der Waals surface area contributed by atoms with Crippen LogP contribution in [0.5, 0.6) is 0 Å². The quantitative estimate of drug-likeness (QED) is 0.721. The van der Waals surface area contributed by atoms with Crippen LogP contribution in [0.25, 0.3) is 0 Å². The molecule has 0 bridgehead atoms. The zero-order valence-electron chi connectivity index (χ0n) is 18.6. The number of rotatable bonds is 7. The number of hydrogen-bond acceptors (Lipinski definition) is 3. The van der Waals surface area contributed by atoms with E-state index in [1.54, 1.807) is 4.90 Å². The molecule has 1 saturated heterocycles. The molecule has 1 aliphatic carbocycles. The molecule has 2 fully saturated rings. The summed E-state index contributed by atoms with van der Waals surface area (Å²) in [7, 11) is 0. The number of nitrogens with one attached hydrogen (secondary N) is 1. The molecule has 2 aliphatic rings. The minimum atomic E-state index is -0.652. The van der Waals surface area contributed by atoms with Gasteiger partial charge in [-0.05, 0) is 69.7 Å². The standard InChI is InChI=1S/C24H34FN3O3/c1-3-27(4-2)24(31)21(26-22(29)18-9-11-20(25)12-10-18)17-13-15-28(16-14-17)23(30)19-7-5-6-8-19/h9-12,17,19,21H,3-8,13-16H2,1-2H3,(H,26,29)/t21-/m1/s1. The number of carbonyl (C=O) groups excluding carboxylic acids is 3. The first-order valence-corrected chi connectivity index (χ1v) is 11.6. The van der Waals surface area contributed by atoms with Crippen LogP contribution in [-0.4, -0.2) is 59.7 Å². The van der Waals surface area contributed by atoms with Gasteiger partial charge in [-0.3, -0.25) is 14.4 Å². The van der Waals surface area contributed by atoms with Crippen LogP contribution < -0.4 is 5.32 Å². The third-order valence-electron chi connectivity index (χ3n) is 6.76. The van der Waals surface area contributed by atoms with Crippen LogP contribution >= 0.6 is 0 Å². The molecule has 0 unspecified atom stereocenters. The van der Waals surface area contributed by atoms with Crippen LogP contribution in [0, 0.1) is 17.7 Å². The van der Waals surface area contributed by atoms with Crippen molar-refractivity contribution in [3.8, 4) is 0 Å². The molecule has 7 heteroatoms. The average molecular weight is 432 g/mol. The fraction of sp³-hybridized carbons (Fsp3) is 0.625. The Morgan fingerprint density at radius 1 is 1.03 bits per heavy atom. The zero-order chi connectivity index (χ0) is 22.4. The lowest BCUT2D eigenvalue weighted by molar-refractivity contribution is -0.138. The van der Waals surface area contributed by atoms with Crippen molar-refractivity contribution in [1.82, 2.24) is 15.1 Å². The maximum absolute atomic E-state index is 13.2. The minimum Gasteiger partial charge on any atom is -0.342 e. The summed E-state index contributed by atoms with van der Waals surface area (Å²) in [6.07, 6.45) is 5.58. The van der Waals surface area contributed by atoms with Gasteiger partial charge in [0.15, 0.2) is 0 Å². The van der Waals surface area contributed by atoms with E-state index < -0.39 is 11.9 Å². The molecule has 170 valence electrons. The normalized spacial score (nSPS) is 18.6. The van der Waals surface area contributed by atoms with Gasteiger partial charge in [0.2, 0.25) is 11.8 Å². The largest absolute Gasteiger partial charge is 0.342 e. The molecule has 6 nitrogen and oxygen atoms in total. The summed E-state index contributed by atoms with van der Waals surface area (Å²) in [4.78, 5) is 42.4. The second-order valence-electron chi connectivity index (χ2n) is 8.61. The first-order chi connectivity index (χ1) is 14.9. The van der Waals surface area contributed by atoms with Crippen molar-refractivity contribution in [1.29, 1.82) is 0 Å². The summed E-state index contributed by atoms with van der Waals surface area (Å²) in [6.45, 7) is 6.21. The Labute approximate surface area is 184 Å². The van der Waals surface area contributed by atoms with E-state index in [9.17, 15) is 18.8 Å². The highest BCUT2D eigenvalue weighted by molar-refractivity contribution is 5.97. The van der Waals surface area contributed by atoms with E-state index >= 15 is 0 Å². The Morgan fingerprint density at radius 3 is 2.16 bits per heavy atom. The lowest BCUT2D eigenvalue weighted by Crippen LogP contribution is -2.55. The second kappa shape index (κ2) is 10.7. The number of carbonyl (C=O) groups is 3. The highest BCUT2D eigenvalue weighted by Crippen LogP contribution is 2.29. The number of nitrogens with zero attached hydrogens (tertiary/aromatic N) is 2. The van der Waals surface area contributed by atoms with Crippen molar-refractivity contribution in [3.05, 3.63) is 35.6 Å². The van der Waals surface area contributed by atoms with Gasteiger partial charge in [0.05, 0.1) is 0 Å². The van der Waals surface area contributed by atoms with Crippen molar-refractivity contribution in [3.63, 3.8) is 0 Å². The van der Waals surface area contributed by atoms with Gasteiger partial charge in [-0.2, -0.15) is 0 Å². The summed E-state index contributed by atoms with van der Waals surface area (Å²) >= 11 is 0. The minimum absolute atomic E-state index is 0.0369. The molecule has 1 N–H and O–H groups in total. The summed E-state index contributed by atoms with van der Waals surface area (Å²) in [5.41, 5.74) is 0.326. The summed E-state index contributed by atoms with van der Waals surface area (Å²) in [5, 5.41) is 2.91. The maximum atomic E-state index is 13.2. The number of hydrogen-bond donors (Lipinski definition) is 1. The number of piperidine rings is 1. The molecule has 1 aromatic rings. The molecular formula is C24H34FN3O3. The van der Waals surface area contributed by atoms with E-state index in [4.69, 9.17) is 0 Å². The predicted molar refractivity (Wildman–Crippen MR) is 117 cm³/mol. The Kier molecular flexibility index (Phi) is 8.04. The van der Waals surface area contributed by atoms with E-state index in [2.05, 4.69) is 5.32 Å². The van der Waals surface area contributed by atoms with E-state index in [-0.39, 0.29) is 29.6 Å². The van der Waals surface area contributed by atoms with Gasteiger partial charge >= 0.3 is 0 Å². The van der Waals surface area contributed by atoms with Gasteiger partial charge in [0, 0.05) is 37.7 Å². The molecule has 31 heavy (non-hydrogen) atoms. The van der Waals surface area contributed by atoms with Crippen LogP contribution in [0.15, 0.2) is 24.3 Å². The first-order valence-electron chi connectivity index (χ1n) is 11.6. The molecule has 3 rings (SSSR count). The molecule has 1 saturated carbocycles. The number of likely N-dealkylation sites (tertiary alicyclic amines) is 1. The molecule has 1 atom stereocenters. The first kappa shape index (κ1) is 23.2. The maximum Gasteiger partial charge on any atom is 0.251 e. The molecule has 0 spiro atoms. The Balaban J connectivity index is 1.69. The molecule has 1 aliphatic heterocycles. The Bertz CT molecular complexity index is 765. The Morgan fingerprint density at radius 2 is 1.61 bits per heavy atom. The van der Waals surface area contributed by atoms with E-state index in [1.165, 1.54) is 24.3 Å². The molecule has 1 aromatic carbocycles. The highest BCUT2D eigenvalue weighted by atomic mass is 19.1. The van der Waals surface area contributed by atoms with Crippen LogP contribution in [0.4, 0.5) is 4.39 Å².